The number of amides is 2. The van der Waals surface area contributed by atoms with Gasteiger partial charge in [-0.2, -0.15) is 4.39 Å². The highest BCUT2D eigenvalue weighted by atomic mass is 19.2. The maximum absolute atomic E-state index is 13.9. The van der Waals surface area contributed by atoms with E-state index < -0.39 is 46.8 Å². The van der Waals surface area contributed by atoms with E-state index in [2.05, 4.69) is 10.3 Å². The summed E-state index contributed by atoms with van der Waals surface area (Å²) in [6, 6.07) is 4.93. The second-order valence-electron chi connectivity index (χ2n) is 7.54. The number of hydrogen-bond donors (Lipinski definition) is 3. The Kier molecular flexibility index (Phi) is 5.27. The molecule has 1 saturated heterocycles. The lowest BCUT2D eigenvalue weighted by Crippen LogP contribution is -2.33. The molecular weight excluding hydrogens is 384 g/mol. The SMILES string of the molecule is C[C@H]1[C@@H](c2ccc(F)c(F)c2O)[C@H](C(=O)Nc2ccnc(C(N)=O)c2)OC1(C)C. The number of benzene rings is 1. The van der Waals surface area contributed by atoms with E-state index >= 15 is 0 Å². The predicted molar refractivity (Wildman–Crippen MR) is 100 cm³/mol. The molecule has 0 saturated carbocycles. The van der Waals surface area contributed by atoms with Gasteiger partial charge < -0.3 is 20.9 Å². The van der Waals surface area contributed by atoms with Crippen LogP contribution in [-0.4, -0.2) is 33.6 Å². The maximum atomic E-state index is 13.9. The summed E-state index contributed by atoms with van der Waals surface area (Å²) in [6.07, 6.45) is 0.220. The normalized spacial score (nSPS) is 23.0. The number of nitrogens with one attached hydrogen (secondary N) is 1. The van der Waals surface area contributed by atoms with Gasteiger partial charge in [0.2, 0.25) is 5.82 Å². The van der Waals surface area contributed by atoms with Crippen LogP contribution in [0.25, 0.3) is 0 Å². The van der Waals surface area contributed by atoms with Crippen LogP contribution in [0.1, 0.15) is 42.7 Å². The molecule has 0 bridgehead atoms. The topological polar surface area (TPSA) is 115 Å². The number of phenolic OH excluding ortho intramolecular Hbond substituents is 1. The van der Waals surface area contributed by atoms with E-state index in [1.807, 2.05) is 0 Å². The molecule has 154 valence electrons. The highest BCUT2D eigenvalue weighted by Crippen LogP contribution is 2.49. The Morgan fingerprint density at radius 2 is 1.97 bits per heavy atom. The summed E-state index contributed by atoms with van der Waals surface area (Å²) in [4.78, 5) is 28.0. The van der Waals surface area contributed by atoms with Crippen molar-refractivity contribution in [2.24, 2.45) is 11.7 Å². The molecule has 0 spiro atoms. The molecule has 3 rings (SSSR count). The Bertz CT molecular complexity index is 980. The lowest BCUT2D eigenvalue weighted by molar-refractivity contribution is -0.131. The molecule has 0 aliphatic carbocycles. The fourth-order valence-electron chi connectivity index (χ4n) is 3.53. The van der Waals surface area contributed by atoms with Crippen LogP contribution in [0, 0.1) is 17.6 Å². The number of aromatic hydroxyl groups is 1. The number of ether oxygens (including phenoxy) is 1. The van der Waals surface area contributed by atoms with Crippen LogP contribution in [0.3, 0.4) is 0 Å². The molecular formula is C20H21F2N3O4. The van der Waals surface area contributed by atoms with Gasteiger partial charge in [-0.3, -0.25) is 14.6 Å². The lowest BCUT2D eigenvalue weighted by Gasteiger charge is -2.25. The van der Waals surface area contributed by atoms with Gasteiger partial charge in [0, 0.05) is 23.4 Å². The summed E-state index contributed by atoms with van der Waals surface area (Å²) in [5.41, 5.74) is 4.74. The second-order valence-corrected chi connectivity index (χ2v) is 7.54. The minimum Gasteiger partial charge on any atom is -0.505 e. The summed E-state index contributed by atoms with van der Waals surface area (Å²) in [6.45, 7) is 5.34. The predicted octanol–water partition coefficient (Wildman–Crippen LogP) is 2.70. The molecule has 4 N–H and O–H groups in total. The number of pyridine rings is 1. The van der Waals surface area contributed by atoms with Gasteiger partial charge in [-0.1, -0.05) is 13.0 Å². The first kappa shape index (κ1) is 20.7. The lowest BCUT2D eigenvalue weighted by atomic mass is 9.78. The monoisotopic (exact) mass is 405 g/mol. The van der Waals surface area contributed by atoms with E-state index in [9.17, 15) is 23.5 Å². The Labute approximate surface area is 165 Å². The molecule has 9 heteroatoms. The number of aromatic nitrogens is 1. The van der Waals surface area contributed by atoms with Gasteiger partial charge in [0.1, 0.15) is 11.8 Å². The number of hydrogen-bond acceptors (Lipinski definition) is 5. The minimum atomic E-state index is -1.38. The fourth-order valence-corrected chi connectivity index (χ4v) is 3.53. The number of carbonyl (C=O) groups is 2. The zero-order chi connectivity index (χ0) is 21.5. The fraction of sp³-hybridized carbons (Fsp3) is 0.350. The van der Waals surface area contributed by atoms with Crippen molar-refractivity contribution in [1.29, 1.82) is 0 Å². The summed E-state index contributed by atoms with van der Waals surface area (Å²) < 4.78 is 33.3. The number of nitrogens with two attached hydrogens (primary N) is 1. The van der Waals surface area contributed by atoms with Crippen LogP contribution in [0.4, 0.5) is 14.5 Å². The smallest absolute Gasteiger partial charge is 0.267 e. The zero-order valence-electron chi connectivity index (χ0n) is 16.1. The molecule has 2 heterocycles. The maximum Gasteiger partial charge on any atom is 0.267 e. The molecule has 1 aliphatic rings. The van der Waals surface area contributed by atoms with E-state index in [4.69, 9.17) is 10.5 Å². The highest BCUT2D eigenvalue weighted by Gasteiger charge is 2.51. The number of carbonyl (C=O) groups excluding carboxylic acids is 2. The molecule has 1 aromatic carbocycles. The van der Waals surface area contributed by atoms with Crippen LogP contribution < -0.4 is 11.1 Å². The van der Waals surface area contributed by atoms with Gasteiger partial charge in [-0.25, -0.2) is 4.39 Å². The zero-order valence-corrected chi connectivity index (χ0v) is 16.1. The molecule has 0 radical (unpaired) electrons. The number of rotatable bonds is 4. The van der Waals surface area contributed by atoms with E-state index in [0.717, 1.165) is 6.07 Å². The quantitative estimate of drug-likeness (QED) is 0.724. The average Bonchev–Trinajstić information content (AvgIpc) is 2.90. The van der Waals surface area contributed by atoms with E-state index in [0.29, 0.717) is 0 Å². The van der Waals surface area contributed by atoms with Crippen LogP contribution in [0.2, 0.25) is 0 Å². The number of nitrogens with zero attached hydrogens (tertiary/aromatic N) is 1. The standard InChI is InChI=1S/C20H21F2N3O4/c1-9-14(11-4-5-12(21)15(22)16(11)26)17(29-20(9,2)3)19(28)25-10-6-7-24-13(8-10)18(23)27/h4-9,14,17,26H,1-3H3,(H2,23,27)(H,24,25,28)/t9-,14-,17+/m0/s1. The highest BCUT2D eigenvalue weighted by molar-refractivity contribution is 5.97. The van der Waals surface area contributed by atoms with Crippen molar-refractivity contribution < 1.29 is 28.2 Å². The van der Waals surface area contributed by atoms with Gasteiger partial charge >= 0.3 is 0 Å². The van der Waals surface area contributed by atoms with Crippen molar-refractivity contribution in [3.63, 3.8) is 0 Å². The van der Waals surface area contributed by atoms with Crippen molar-refractivity contribution >= 4 is 17.5 Å². The average molecular weight is 405 g/mol. The molecule has 1 fully saturated rings. The largest absolute Gasteiger partial charge is 0.505 e. The Balaban J connectivity index is 1.96. The summed E-state index contributed by atoms with van der Waals surface area (Å²) in [7, 11) is 0. The van der Waals surface area contributed by atoms with Crippen molar-refractivity contribution in [2.45, 2.75) is 38.4 Å². The van der Waals surface area contributed by atoms with Crippen LogP contribution in [-0.2, 0) is 9.53 Å². The van der Waals surface area contributed by atoms with Crippen LogP contribution in [0.15, 0.2) is 30.5 Å². The van der Waals surface area contributed by atoms with Crippen LogP contribution >= 0.6 is 0 Å². The summed E-state index contributed by atoms with van der Waals surface area (Å²) in [5.74, 6) is -5.78. The third kappa shape index (κ3) is 3.77. The summed E-state index contributed by atoms with van der Waals surface area (Å²) in [5, 5.41) is 12.8. The molecule has 1 aliphatic heterocycles. The number of primary amides is 1. The first-order valence-electron chi connectivity index (χ1n) is 8.94. The van der Waals surface area contributed by atoms with Gasteiger partial charge in [0.25, 0.3) is 11.8 Å². The minimum absolute atomic E-state index is 0.0290. The molecule has 2 aromatic rings. The summed E-state index contributed by atoms with van der Waals surface area (Å²) >= 11 is 0. The molecule has 1 aromatic heterocycles. The first-order chi connectivity index (χ1) is 13.5. The molecule has 2 amide bonds. The van der Waals surface area contributed by atoms with Gasteiger partial charge in [-0.15, -0.1) is 0 Å². The Morgan fingerprint density at radius 1 is 1.28 bits per heavy atom. The number of phenols is 1. The van der Waals surface area contributed by atoms with E-state index in [1.165, 1.54) is 24.4 Å². The van der Waals surface area contributed by atoms with Gasteiger partial charge in [0.15, 0.2) is 11.6 Å². The van der Waals surface area contributed by atoms with Crippen molar-refractivity contribution in [2.75, 3.05) is 5.32 Å². The third-order valence-electron chi connectivity index (χ3n) is 5.39. The van der Waals surface area contributed by atoms with Crippen molar-refractivity contribution in [1.82, 2.24) is 4.98 Å². The molecule has 3 atom stereocenters. The Morgan fingerprint density at radius 3 is 2.62 bits per heavy atom. The Hall–Kier alpha value is -3.07. The van der Waals surface area contributed by atoms with E-state index in [-0.39, 0.29) is 22.9 Å². The second kappa shape index (κ2) is 7.40. The molecule has 7 nitrogen and oxygen atoms in total. The van der Waals surface area contributed by atoms with Gasteiger partial charge in [-0.05, 0) is 38.0 Å². The number of anilines is 1. The number of halogens is 2. The van der Waals surface area contributed by atoms with Crippen molar-refractivity contribution in [3.05, 3.63) is 53.4 Å². The molecule has 29 heavy (non-hydrogen) atoms. The third-order valence-corrected chi connectivity index (χ3v) is 5.39. The van der Waals surface area contributed by atoms with E-state index in [1.54, 1.807) is 20.8 Å². The van der Waals surface area contributed by atoms with Crippen molar-refractivity contribution in [3.8, 4) is 5.75 Å². The molecule has 0 unspecified atom stereocenters. The van der Waals surface area contributed by atoms with Crippen LogP contribution in [0.5, 0.6) is 5.75 Å². The van der Waals surface area contributed by atoms with Gasteiger partial charge in [0.05, 0.1) is 5.60 Å². The first-order valence-corrected chi connectivity index (χ1v) is 8.94.